The first-order valence-corrected chi connectivity index (χ1v) is 5.55. The maximum atomic E-state index is 11.8. The number of ether oxygens (including phenoxy) is 1. The molecule has 1 aliphatic rings. The van der Waals surface area contributed by atoms with Crippen molar-refractivity contribution in [2.45, 2.75) is 25.1 Å². The quantitative estimate of drug-likeness (QED) is 0.683. The minimum atomic E-state index is -4.04. The summed E-state index contributed by atoms with van der Waals surface area (Å²) in [5.74, 6) is 0.357. The molecule has 0 aromatic rings. The van der Waals surface area contributed by atoms with Crippen LogP contribution in [0.2, 0.25) is 0 Å². The largest absolute Gasteiger partial charge is 0.389 e. The van der Waals surface area contributed by atoms with E-state index in [1.807, 2.05) is 7.05 Å². The molecule has 0 spiro atoms. The summed E-state index contributed by atoms with van der Waals surface area (Å²) in [6.07, 6.45) is -4.61. The number of likely N-dealkylation sites (N-methyl/N-ethyl adjacent to an activating group) is 1. The second-order valence-electron chi connectivity index (χ2n) is 4.12. The molecule has 0 aromatic carbocycles. The Labute approximate surface area is 93.7 Å². The molecule has 3 nitrogen and oxygen atoms in total. The predicted molar refractivity (Wildman–Crippen MR) is 55.3 cm³/mol. The van der Waals surface area contributed by atoms with Gasteiger partial charge in [0.05, 0.1) is 13.2 Å². The summed E-state index contributed by atoms with van der Waals surface area (Å²) in [5, 5.41) is 6.18. The van der Waals surface area contributed by atoms with Crippen molar-refractivity contribution < 1.29 is 17.9 Å². The average molecular weight is 240 g/mol. The molecule has 0 aromatic heterocycles. The Morgan fingerprint density at radius 2 is 2.06 bits per heavy atom. The first-order chi connectivity index (χ1) is 7.53. The van der Waals surface area contributed by atoms with Gasteiger partial charge in [-0.2, -0.15) is 13.2 Å². The lowest BCUT2D eigenvalue weighted by Gasteiger charge is -2.17. The van der Waals surface area contributed by atoms with Gasteiger partial charge in [-0.3, -0.25) is 0 Å². The second-order valence-corrected chi connectivity index (χ2v) is 4.12. The van der Waals surface area contributed by atoms with Gasteiger partial charge in [-0.25, -0.2) is 0 Å². The SMILES string of the molecule is CNC1COCC1CNCCCC(F)(F)F. The highest BCUT2D eigenvalue weighted by Gasteiger charge is 2.27. The van der Waals surface area contributed by atoms with Gasteiger partial charge in [-0.1, -0.05) is 0 Å². The highest BCUT2D eigenvalue weighted by molar-refractivity contribution is 4.81. The van der Waals surface area contributed by atoms with Gasteiger partial charge >= 0.3 is 6.18 Å². The minimum Gasteiger partial charge on any atom is -0.379 e. The van der Waals surface area contributed by atoms with Crippen LogP contribution in [-0.4, -0.2) is 45.6 Å². The van der Waals surface area contributed by atoms with Crippen molar-refractivity contribution in [3.63, 3.8) is 0 Å². The van der Waals surface area contributed by atoms with E-state index in [0.29, 0.717) is 38.3 Å². The van der Waals surface area contributed by atoms with Gasteiger partial charge in [-0.15, -0.1) is 0 Å². The van der Waals surface area contributed by atoms with E-state index in [9.17, 15) is 13.2 Å². The zero-order chi connectivity index (χ0) is 12.0. The molecule has 2 unspecified atom stereocenters. The Balaban J connectivity index is 2.03. The molecular formula is C10H19F3N2O. The standard InChI is InChI=1S/C10H19F3N2O/c1-14-9-7-16-6-8(9)5-15-4-2-3-10(11,12)13/h8-9,14-15H,2-7H2,1H3. The normalized spacial score (nSPS) is 26.2. The highest BCUT2D eigenvalue weighted by atomic mass is 19.4. The molecule has 1 heterocycles. The molecule has 6 heteroatoms. The molecule has 2 atom stereocenters. The van der Waals surface area contributed by atoms with E-state index in [-0.39, 0.29) is 6.42 Å². The molecular weight excluding hydrogens is 221 g/mol. The van der Waals surface area contributed by atoms with Crippen LogP contribution >= 0.6 is 0 Å². The van der Waals surface area contributed by atoms with Gasteiger partial charge in [0.2, 0.25) is 0 Å². The summed E-state index contributed by atoms with van der Waals surface area (Å²) in [6.45, 7) is 2.49. The molecule has 0 radical (unpaired) electrons. The van der Waals surface area contributed by atoms with Crippen LogP contribution < -0.4 is 10.6 Å². The molecule has 16 heavy (non-hydrogen) atoms. The van der Waals surface area contributed by atoms with E-state index >= 15 is 0 Å². The van der Waals surface area contributed by atoms with Crippen molar-refractivity contribution in [3.8, 4) is 0 Å². The maximum Gasteiger partial charge on any atom is 0.389 e. The van der Waals surface area contributed by atoms with Crippen molar-refractivity contribution in [2.75, 3.05) is 33.4 Å². The third-order valence-corrected chi connectivity index (χ3v) is 2.79. The van der Waals surface area contributed by atoms with Gasteiger partial charge in [0, 0.05) is 24.9 Å². The molecule has 0 bridgehead atoms. The zero-order valence-electron chi connectivity index (χ0n) is 9.44. The van der Waals surface area contributed by atoms with Crippen molar-refractivity contribution in [2.24, 2.45) is 5.92 Å². The summed E-state index contributed by atoms with van der Waals surface area (Å²) in [6, 6.07) is 0.315. The molecule has 2 N–H and O–H groups in total. The van der Waals surface area contributed by atoms with Crippen molar-refractivity contribution in [3.05, 3.63) is 0 Å². The Bertz CT molecular complexity index is 199. The van der Waals surface area contributed by atoms with Gasteiger partial charge in [0.25, 0.3) is 0 Å². The number of nitrogens with one attached hydrogen (secondary N) is 2. The first-order valence-electron chi connectivity index (χ1n) is 5.55. The maximum absolute atomic E-state index is 11.8. The van der Waals surface area contributed by atoms with Gasteiger partial charge in [0.15, 0.2) is 0 Å². The van der Waals surface area contributed by atoms with Crippen LogP contribution in [-0.2, 0) is 4.74 Å². The Kier molecular flexibility index (Phi) is 5.51. The lowest BCUT2D eigenvalue weighted by molar-refractivity contribution is -0.135. The summed E-state index contributed by atoms with van der Waals surface area (Å²) in [5.41, 5.74) is 0. The monoisotopic (exact) mass is 240 g/mol. The summed E-state index contributed by atoms with van der Waals surface area (Å²) < 4.78 is 40.8. The lowest BCUT2D eigenvalue weighted by Crippen LogP contribution is -2.38. The van der Waals surface area contributed by atoms with Crippen molar-refractivity contribution in [1.29, 1.82) is 0 Å². The van der Waals surface area contributed by atoms with Gasteiger partial charge < -0.3 is 15.4 Å². The van der Waals surface area contributed by atoms with Crippen LogP contribution in [0, 0.1) is 5.92 Å². The molecule has 1 rings (SSSR count). The number of halogens is 3. The molecule has 1 aliphatic heterocycles. The Morgan fingerprint density at radius 1 is 1.31 bits per heavy atom. The van der Waals surface area contributed by atoms with E-state index in [1.54, 1.807) is 0 Å². The fourth-order valence-electron chi connectivity index (χ4n) is 1.82. The number of rotatable bonds is 6. The molecule has 1 saturated heterocycles. The predicted octanol–water partition coefficient (Wildman–Crippen LogP) is 1.15. The minimum absolute atomic E-state index is 0.140. The number of hydrogen-bond acceptors (Lipinski definition) is 3. The topological polar surface area (TPSA) is 33.3 Å². The first kappa shape index (κ1) is 13.7. The van der Waals surface area contributed by atoms with Gasteiger partial charge in [-0.05, 0) is 20.0 Å². The second kappa shape index (κ2) is 6.42. The third-order valence-electron chi connectivity index (χ3n) is 2.79. The Morgan fingerprint density at radius 3 is 2.69 bits per heavy atom. The van der Waals surface area contributed by atoms with Crippen molar-refractivity contribution >= 4 is 0 Å². The molecule has 96 valence electrons. The molecule has 0 saturated carbocycles. The van der Waals surface area contributed by atoms with E-state index < -0.39 is 12.6 Å². The van der Waals surface area contributed by atoms with Crippen LogP contribution in [0.4, 0.5) is 13.2 Å². The molecule has 0 aliphatic carbocycles. The number of hydrogen-bond donors (Lipinski definition) is 2. The van der Waals surface area contributed by atoms with Crippen LogP contribution in [0.5, 0.6) is 0 Å². The lowest BCUT2D eigenvalue weighted by atomic mass is 10.0. The van der Waals surface area contributed by atoms with E-state index in [2.05, 4.69) is 10.6 Å². The van der Waals surface area contributed by atoms with E-state index in [1.165, 1.54) is 0 Å². The Hall–Kier alpha value is -0.330. The molecule has 1 fully saturated rings. The van der Waals surface area contributed by atoms with E-state index in [0.717, 1.165) is 0 Å². The average Bonchev–Trinajstić information content (AvgIpc) is 2.63. The summed E-state index contributed by atoms with van der Waals surface area (Å²) >= 11 is 0. The fourth-order valence-corrected chi connectivity index (χ4v) is 1.82. The van der Waals surface area contributed by atoms with Gasteiger partial charge in [0.1, 0.15) is 0 Å². The molecule has 0 amide bonds. The zero-order valence-corrected chi connectivity index (χ0v) is 9.44. The van der Waals surface area contributed by atoms with Crippen LogP contribution in [0.15, 0.2) is 0 Å². The third kappa shape index (κ3) is 5.14. The van der Waals surface area contributed by atoms with Crippen LogP contribution in [0.3, 0.4) is 0 Å². The van der Waals surface area contributed by atoms with Crippen LogP contribution in [0.25, 0.3) is 0 Å². The van der Waals surface area contributed by atoms with Crippen molar-refractivity contribution in [1.82, 2.24) is 10.6 Å². The smallest absolute Gasteiger partial charge is 0.379 e. The number of alkyl halides is 3. The summed E-state index contributed by atoms with van der Waals surface area (Å²) in [4.78, 5) is 0. The van der Waals surface area contributed by atoms with Crippen LogP contribution in [0.1, 0.15) is 12.8 Å². The van der Waals surface area contributed by atoms with E-state index in [4.69, 9.17) is 4.74 Å². The summed E-state index contributed by atoms with van der Waals surface area (Å²) in [7, 11) is 1.87. The highest BCUT2D eigenvalue weighted by Crippen LogP contribution is 2.20. The fraction of sp³-hybridized carbons (Fsp3) is 1.00.